The molecule has 8 N–H and O–H groups in total. The third-order valence-corrected chi connectivity index (χ3v) is 14.2. The van der Waals surface area contributed by atoms with Crippen LogP contribution in [-0.2, 0) is 36.6 Å². The van der Waals surface area contributed by atoms with Gasteiger partial charge in [0.15, 0.2) is 23.7 Å². The molecule has 2 aliphatic heterocycles. The third kappa shape index (κ3) is 10.2. The average Bonchev–Trinajstić information content (AvgIpc) is 3.26. The number of benzene rings is 2. The van der Waals surface area contributed by atoms with Crippen LogP contribution in [0.3, 0.4) is 0 Å². The van der Waals surface area contributed by atoms with Crippen LogP contribution >= 0.6 is 0 Å². The molecule has 0 amide bonds. The van der Waals surface area contributed by atoms with Gasteiger partial charge in [-0.2, -0.15) is 0 Å². The number of methoxy groups -OCH3 is 1. The van der Waals surface area contributed by atoms with E-state index < -0.39 is 54.3 Å². The number of nitrogens with one attached hydrogen (secondary N) is 1. The van der Waals surface area contributed by atoms with Gasteiger partial charge in [0, 0.05) is 38.4 Å². The molecule has 14 nitrogen and oxygen atoms in total. The molecule has 1 saturated carbocycles. The zero-order valence-corrected chi connectivity index (χ0v) is 36.4. The van der Waals surface area contributed by atoms with E-state index in [1.54, 1.807) is 31.2 Å². The maximum atomic E-state index is 14.9. The summed E-state index contributed by atoms with van der Waals surface area (Å²) in [7, 11) is 1.41. The molecule has 6 aliphatic rings. The van der Waals surface area contributed by atoms with Crippen LogP contribution < -0.4 is 10.1 Å². The molecule has 1 saturated heterocycles. The molecule has 0 spiro atoms. The molecule has 4 aliphatic carbocycles. The maximum absolute atomic E-state index is 14.9. The first kappa shape index (κ1) is 46.9. The van der Waals surface area contributed by atoms with Crippen LogP contribution in [0, 0.1) is 35.5 Å². The molecule has 0 aromatic heterocycles. The van der Waals surface area contributed by atoms with E-state index in [2.05, 4.69) is 24.4 Å². The SMILES string of the molecule is COc1cc(C=C(CC2c3cc(CCO)ccc3CCC2CO)C(=O)OC2C(OC(=O)CCC3C4C=CC(CC4C)C3CCO)C(O)C3OC2(O)C=CC3NCC(C)O)ccc1O. The van der Waals surface area contributed by atoms with Crippen LogP contribution in [0.1, 0.15) is 80.5 Å². The van der Waals surface area contributed by atoms with Gasteiger partial charge in [0.1, 0.15) is 12.2 Å². The molecule has 14 unspecified atom stereocenters. The lowest BCUT2D eigenvalue weighted by molar-refractivity contribution is -0.333. The van der Waals surface area contributed by atoms with Crippen molar-refractivity contribution in [1.82, 2.24) is 5.32 Å². The zero-order valence-electron chi connectivity index (χ0n) is 36.4. The largest absolute Gasteiger partial charge is 0.504 e. The van der Waals surface area contributed by atoms with Gasteiger partial charge in [-0.3, -0.25) is 4.79 Å². The number of aliphatic hydroxyl groups is 6. The van der Waals surface area contributed by atoms with Crippen molar-refractivity contribution in [3.8, 4) is 11.5 Å². The van der Waals surface area contributed by atoms with E-state index >= 15 is 0 Å². The van der Waals surface area contributed by atoms with Crippen molar-refractivity contribution in [2.45, 2.75) is 113 Å². The Bertz CT molecular complexity index is 2020. The van der Waals surface area contributed by atoms with Crippen molar-refractivity contribution in [3.05, 3.63) is 88.5 Å². The van der Waals surface area contributed by atoms with E-state index in [1.165, 1.54) is 19.3 Å². The van der Waals surface area contributed by atoms with Crippen LogP contribution in [0.2, 0.25) is 0 Å². The number of hydrogen-bond donors (Lipinski definition) is 8. The van der Waals surface area contributed by atoms with Gasteiger partial charge in [0.2, 0.25) is 5.79 Å². The summed E-state index contributed by atoms with van der Waals surface area (Å²) < 4.78 is 23.8. The quantitative estimate of drug-likeness (QED) is 0.0611. The van der Waals surface area contributed by atoms with Crippen molar-refractivity contribution in [3.63, 3.8) is 0 Å². The predicted molar refractivity (Wildman–Crippen MR) is 232 cm³/mol. The van der Waals surface area contributed by atoms with Gasteiger partial charge in [-0.1, -0.05) is 49.4 Å². The maximum Gasteiger partial charge on any atom is 0.334 e. The van der Waals surface area contributed by atoms with Gasteiger partial charge >= 0.3 is 11.9 Å². The molecule has 344 valence electrons. The van der Waals surface area contributed by atoms with Crippen LogP contribution in [0.25, 0.3) is 6.08 Å². The van der Waals surface area contributed by atoms with Crippen LogP contribution in [-0.4, -0.2) is 124 Å². The van der Waals surface area contributed by atoms with Gasteiger partial charge in [0.25, 0.3) is 0 Å². The van der Waals surface area contributed by atoms with Gasteiger partial charge in [-0.25, -0.2) is 4.79 Å². The number of aromatic hydroxyl groups is 1. The average molecular weight is 876 g/mol. The highest BCUT2D eigenvalue weighted by Crippen LogP contribution is 2.51. The standard InChI is InChI=1S/C49H65NO13/c1-27-20-32-9-10-35(27)37(36(32)16-19-52)11-13-43(56)61-46-44(57)45-40(50-25-28(2)54)14-17-49(59,63-45)47(46)62-48(58)34(21-30-5-12-41(55)42(23-30)60-3)24-39-33(26-53)8-7-31-6-4-29(15-18-51)22-38(31)39/h4-6,9-10,12,14,17,21-23,27-28,32-33,35-37,39-40,44-47,50-55,57,59H,7-8,11,13,15-16,18-20,24-26H2,1-3H3. The minimum Gasteiger partial charge on any atom is -0.504 e. The summed E-state index contributed by atoms with van der Waals surface area (Å²) in [6.07, 6.45) is 6.06. The molecule has 2 heterocycles. The molecule has 14 atom stereocenters. The van der Waals surface area contributed by atoms with E-state index in [0.29, 0.717) is 49.5 Å². The molecular weight excluding hydrogens is 811 g/mol. The fourth-order valence-corrected chi connectivity index (χ4v) is 11.0. The molecule has 14 heteroatoms. The second-order valence-electron chi connectivity index (χ2n) is 18.4. The second kappa shape index (κ2) is 20.4. The lowest BCUT2D eigenvalue weighted by Crippen LogP contribution is -2.71. The Morgan fingerprint density at radius 3 is 2.56 bits per heavy atom. The predicted octanol–water partition coefficient (Wildman–Crippen LogP) is 3.47. The Morgan fingerprint density at radius 1 is 1.03 bits per heavy atom. The fraction of sp³-hybridized carbons (Fsp3) is 0.592. The number of esters is 2. The molecular formula is C49H65NO13. The Balaban J connectivity index is 1.21. The van der Waals surface area contributed by atoms with E-state index in [1.807, 2.05) is 18.2 Å². The number of phenols is 1. The Kier molecular flexibility index (Phi) is 15.2. The van der Waals surface area contributed by atoms with Gasteiger partial charge in [-0.15, -0.1) is 0 Å². The lowest BCUT2D eigenvalue weighted by Gasteiger charge is -2.51. The van der Waals surface area contributed by atoms with Crippen molar-refractivity contribution >= 4 is 18.0 Å². The first-order chi connectivity index (χ1) is 30.3. The van der Waals surface area contributed by atoms with Crippen LogP contribution in [0.4, 0.5) is 0 Å². The summed E-state index contributed by atoms with van der Waals surface area (Å²) in [5, 5.41) is 78.0. The van der Waals surface area contributed by atoms with E-state index in [-0.39, 0.29) is 85.9 Å². The van der Waals surface area contributed by atoms with Crippen molar-refractivity contribution in [2.24, 2.45) is 35.5 Å². The highest BCUT2D eigenvalue weighted by Gasteiger charge is 2.60. The summed E-state index contributed by atoms with van der Waals surface area (Å²) in [6.45, 7) is 3.78. The number of hydrogen-bond acceptors (Lipinski definition) is 14. The molecule has 2 aromatic carbocycles. The Morgan fingerprint density at radius 2 is 1.84 bits per heavy atom. The summed E-state index contributed by atoms with van der Waals surface area (Å²) in [6, 6.07) is 9.86. The third-order valence-electron chi connectivity index (χ3n) is 14.2. The first-order valence-electron chi connectivity index (χ1n) is 22.6. The minimum absolute atomic E-state index is 0.0144. The van der Waals surface area contributed by atoms with Gasteiger partial charge in [0.05, 0.1) is 19.3 Å². The molecule has 2 aromatic rings. The number of aryl methyl sites for hydroxylation is 1. The second-order valence-corrected chi connectivity index (χ2v) is 18.4. The van der Waals surface area contributed by atoms with Crippen LogP contribution in [0.15, 0.2) is 66.3 Å². The monoisotopic (exact) mass is 875 g/mol. The van der Waals surface area contributed by atoms with Crippen molar-refractivity contribution < 1.29 is 64.3 Å². The van der Waals surface area contributed by atoms with Gasteiger partial charge in [-0.05, 0) is 140 Å². The van der Waals surface area contributed by atoms with Crippen LogP contribution in [0.5, 0.6) is 11.5 Å². The minimum atomic E-state index is -2.35. The number of fused-ring (bicyclic) bond motifs is 5. The zero-order chi connectivity index (χ0) is 45.0. The highest BCUT2D eigenvalue weighted by atomic mass is 16.7. The summed E-state index contributed by atoms with van der Waals surface area (Å²) in [5.41, 5.74) is 3.50. The molecule has 63 heavy (non-hydrogen) atoms. The summed E-state index contributed by atoms with van der Waals surface area (Å²) in [4.78, 5) is 28.8. The van der Waals surface area contributed by atoms with E-state index in [0.717, 1.165) is 23.1 Å². The Labute approximate surface area is 369 Å². The highest BCUT2D eigenvalue weighted by molar-refractivity contribution is 5.94. The molecule has 0 radical (unpaired) electrons. The van der Waals surface area contributed by atoms with Crippen molar-refractivity contribution in [2.75, 3.05) is 33.5 Å². The number of rotatable bonds is 18. The normalized spacial score (nSPS) is 33.7. The number of aliphatic hydroxyl groups excluding tert-OH is 5. The van der Waals surface area contributed by atoms with E-state index in [9.17, 15) is 45.3 Å². The molecule has 2 fully saturated rings. The van der Waals surface area contributed by atoms with E-state index in [4.69, 9.17) is 18.9 Å². The number of ether oxygens (including phenoxy) is 4. The van der Waals surface area contributed by atoms with Crippen molar-refractivity contribution in [1.29, 1.82) is 0 Å². The topological polar surface area (TPSA) is 225 Å². The first-order valence-corrected chi connectivity index (χ1v) is 22.6. The number of allylic oxidation sites excluding steroid dienone is 2. The molecule has 4 bridgehead atoms. The Hall–Kier alpha value is -4.12. The summed E-state index contributed by atoms with van der Waals surface area (Å²) >= 11 is 0. The summed E-state index contributed by atoms with van der Waals surface area (Å²) in [5.74, 6) is -3.14. The smallest absolute Gasteiger partial charge is 0.334 e. The molecule has 8 rings (SSSR count). The number of carbonyl (C=O) groups is 2. The number of phenolic OH excluding ortho intramolecular Hbond substituents is 1. The fourth-order valence-electron chi connectivity index (χ4n) is 11.0. The van der Waals surface area contributed by atoms with Gasteiger partial charge < -0.3 is 60.0 Å². The number of carbonyl (C=O) groups excluding carboxylic acids is 2. The lowest BCUT2D eigenvalue weighted by atomic mass is 9.56.